The molecule has 1 aromatic heterocycles. The van der Waals surface area contributed by atoms with Gasteiger partial charge in [0.15, 0.2) is 5.82 Å². The van der Waals surface area contributed by atoms with Crippen LogP contribution in [0.4, 0.5) is 0 Å². The van der Waals surface area contributed by atoms with Gasteiger partial charge in [0, 0.05) is 10.0 Å². The van der Waals surface area contributed by atoms with Crippen molar-refractivity contribution in [3.05, 3.63) is 55.7 Å². The zero-order valence-electron chi connectivity index (χ0n) is 15.5. The number of aromatic nitrogens is 3. The van der Waals surface area contributed by atoms with E-state index in [2.05, 4.69) is 54.4 Å². The summed E-state index contributed by atoms with van der Waals surface area (Å²) in [6, 6.07) is 11.7. The van der Waals surface area contributed by atoms with Gasteiger partial charge in [0.2, 0.25) is 4.77 Å². The third-order valence-corrected chi connectivity index (χ3v) is 5.30. The summed E-state index contributed by atoms with van der Waals surface area (Å²) in [5.41, 5.74) is 5.17. The maximum Gasteiger partial charge on any atom is 0.214 e. The van der Waals surface area contributed by atoms with Crippen molar-refractivity contribution in [2.45, 2.75) is 19.9 Å². The van der Waals surface area contributed by atoms with Gasteiger partial charge < -0.3 is 14.9 Å². The number of hydrogen-bond donors (Lipinski definition) is 2. The number of aromatic amines is 1. The summed E-state index contributed by atoms with van der Waals surface area (Å²) < 4.78 is 15.5. The molecule has 0 radical (unpaired) electrons. The van der Waals surface area contributed by atoms with Crippen LogP contribution >= 0.6 is 44.1 Å². The van der Waals surface area contributed by atoms with E-state index in [4.69, 9.17) is 21.7 Å². The number of rotatable bonds is 8. The minimum Gasteiger partial charge on any atom is -0.496 e. The fourth-order valence-corrected chi connectivity index (χ4v) is 4.35. The normalized spacial score (nSPS) is 10.7. The minimum absolute atomic E-state index is 0.464. The van der Waals surface area contributed by atoms with Gasteiger partial charge in [-0.05, 0) is 58.8 Å². The van der Waals surface area contributed by atoms with E-state index in [0.717, 1.165) is 38.0 Å². The van der Waals surface area contributed by atoms with Crippen molar-refractivity contribution in [3.63, 3.8) is 0 Å². The summed E-state index contributed by atoms with van der Waals surface area (Å²) in [6.45, 7) is 3.22. The van der Waals surface area contributed by atoms with E-state index < -0.39 is 0 Å². The lowest BCUT2D eigenvalue weighted by Gasteiger charge is -2.16. The second-order valence-electron chi connectivity index (χ2n) is 5.95. The van der Waals surface area contributed by atoms with Gasteiger partial charge in [0.25, 0.3) is 0 Å². The number of halogens is 2. The maximum atomic E-state index is 5.94. The summed E-state index contributed by atoms with van der Waals surface area (Å²) in [5.74, 6) is 2.18. The SMILES string of the molecule is CCCOc1c(Br)cc(Br)cc1CNn1c(-c2ccccc2OC)n[nH]c1=S. The standard InChI is InChI=1S/C19H20Br2N4O2S/c1-3-8-27-17-12(9-13(20)10-15(17)21)11-22-25-18(23-24-19(25)28)14-6-4-5-7-16(14)26-2/h4-7,9-10,22H,3,8,11H2,1-2H3,(H,24,28). The summed E-state index contributed by atoms with van der Waals surface area (Å²) >= 11 is 12.5. The number of nitrogens with one attached hydrogen (secondary N) is 2. The average Bonchev–Trinajstić information content (AvgIpc) is 3.05. The van der Waals surface area contributed by atoms with Crippen molar-refractivity contribution in [3.8, 4) is 22.9 Å². The van der Waals surface area contributed by atoms with Crippen molar-refractivity contribution in [1.29, 1.82) is 0 Å². The zero-order chi connectivity index (χ0) is 20.1. The molecule has 0 atom stereocenters. The molecule has 3 rings (SSSR count). The van der Waals surface area contributed by atoms with Crippen LogP contribution in [-0.2, 0) is 6.54 Å². The highest BCUT2D eigenvalue weighted by molar-refractivity contribution is 9.11. The lowest BCUT2D eigenvalue weighted by molar-refractivity contribution is 0.312. The van der Waals surface area contributed by atoms with Crippen molar-refractivity contribution < 1.29 is 9.47 Å². The lowest BCUT2D eigenvalue weighted by atomic mass is 10.2. The van der Waals surface area contributed by atoms with Crippen LogP contribution in [0, 0.1) is 4.77 Å². The molecule has 2 aromatic carbocycles. The maximum absolute atomic E-state index is 5.94. The summed E-state index contributed by atoms with van der Waals surface area (Å²) in [5, 5.41) is 7.21. The van der Waals surface area contributed by atoms with Crippen LogP contribution in [0.25, 0.3) is 11.4 Å². The number of hydrogen-bond acceptors (Lipinski definition) is 5. The molecular weight excluding hydrogens is 508 g/mol. The molecule has 0 saturated heterocycles. The predicted octanol–water partition coefficient (Wildman–Crippen LogP) is 5.67. The van der Waals surface area contributed by atoms with E-state index in [0.29, 0.717) is 23.7 Å². The number of para-hydroxylation sites is 1. The smallest absolute Gasteiger partial charge is 0.214 e. The number of nitrogens with zero attached hydrogens (tertiary/aromatic N) is 2. The van der Waals surface area contributed by atoms with Crippen LogP contribution in [0.5, 0.6) is 11.5 Å². The molecule has 0 fully saturated rings. The molecule has 3 aromatic rings. The highest BCUT2D eigenvalue weighted by atomic mass is 79.9. The van der Waals surface area contributed by atoms with Gasteiger partial charge in [-0.25, -0.2) is 9.77 Å². The molecule has 0 saturated carbocycles. The molecule has 0 bridgehead atoms. The Kier molecular flexibility index (Phi) is 7.14. The van der Waals surface area contributed by atoms with Crippen LogP contribution in [0.3, 0.4) is 0 Å². The largest absolute Gasteiger partial charge is 0.496 e. The first kappa shape index (κ1) is 20.9. The molecule has 2 N–H and O–H groups in total. The van der Waals surface area contributed by atoms with E-state index in [9.17, 15) is 0 Å². The average molecular weight is 528 g/mol. The van der Waals surface area contributed by atoms with E-state index in [1.165, 1.54) is 0 Å². The van der Waals surface area contributed by atoms with E-state index in [1.807, 2.05) is 36.4 Å². The highest BCUT2D eigenvalue weighted by Gasteiger charge is 2.15. The van der Waals surface area contributed by atoms with Crippen molar-refractivity contribution in [2.24, 2.45) is 0 Å². The van der Waals surface area contributed by atoms with Gasteiger partial charge in [-0.15, -0.1) is 0 Å². The molecule has 28 heavy (non-hydrogen) atoms. The molecule has 0 unspecified atom stereocenters. The Morgan fingerprint density at radius 1 is 1.25 bits per heavy atom. The van der Waals surface area contributed by atoms with Crippen LogP contribution < -0.4 is 14.9 Å². The fourth-order valence-electron chi connectivity index (χ4n) is 2.73. The van der Waals surface area contributed by atoms with Crippen LogP contribution in [0.15, 0.2) is 45.3 Å². The molecule has 0 amide bonds. The second-order valence-corrected chi connectivity index (χ2v) is 8.10. The Balaban J connectivity index is 1.93. The highest BCUT2D eigenvalue weighted by Crippen LogP contribution is 2.33. The topological polar surface area (TPSA) is 64.1 Å². The van der Waals surface area contributed by atoms with Crippen molar-refractivity contribution in [1.82, 2.24) is 14.9 Å². The predicted molar refractivity (Wildman–Crippen MR) is 120 cm³/mol. The third-order valence-electron chi connectivity index (χ3n) is 3.98. The summed E-state index contributed by atoms with van der Waals surface area (Å²) in [4.78, 5) is 0. The molecule has 1 heterocycles. The fraction of sp³-hybridized carbons (Fsp3) is 0.263. The Hall–Kier alpha value is -1.84. The quantitative estimate of drug-likeness (QED) is 0.369. The molecule has 6 nitrogen and oxygen atoms in total. The van der Waals surface area contributed by atoms with Gasteiger partial charge in [-0.1, -0.05) is 35.0 Å². The third kappa shape index (κ3) is 4.59. The lowest BCUT2D eigenvalue weighted by Crippen LogP contribution is -2.17. The Bertz CT molecular complexity index is 1020. The zero-order valence-corrected chi connectivity index (χ0v) is 19.4. The Morgan fingerprint density at radius 3 is 2.79 bits per heavy atom. The van der Waals surface area contributed by atoms with E-state index in [-0.39, 0.29) is 0 Å². The molecule has 148 valence electrons. The minimum atomic E-state index is 0.464. The van der Waals surface area contributed by atoms with Gasteiger partial charge in [0.1, 0.15) is 11.5 Å². The van der Waals surface area contributed by atoms with Crippen LogP contribution in [0.1, 0.15) is 18.9 Å². The molecular formula is C19H20Br2N4O2S. The van der Waals surface area contributed by atoms with Crippen LogP contribution in [-0.4, -0.2) is 28.6 Å². The van der Waals surface area contributed by atoms with Crippen molar-refractivity contribution in [2.75, 3.05) is 19.1 Å². The first-order valence-corrected chi connectivity index (χ1v) is 10.7. The van der Waals surface area contributed by atoms with Crippen LogP contribution in [0.2, 0.25) is 0 Å². The number of ether oxygens (including phenoxy) is 2. The Labute approximate surface area is 185 Å². The van der Waals surface area contributed by atoms with Gasteiger partial charge in [0.05, 0.1) is 30.3 Å². The number of H-pyrrole nitrogens is 1. The van der Waals surface area contributed by atoms with E-state index >= 15 is 0 Å². The number of methoxy groups -OCH3 is 1. The summed E-state index contributed by atoms with van der Waals surface area (Å²) in [7, 11) is 1.63. The monoisotopic (exact) mass is 526 g/mol. The Morgan fingerprint density at radius 2 is 2.04 bits per heavy atom. The molecule has 0 spiro atoms. The molecule has 0 aliphatic heterocycles. The second kappa shape index (κ2) is 9.58. The van der Waals surface area contributed by atoms with Gasteiger partial charge in [-0.2, -0.15) is 5.10 Å². The summed E-state index contributed by atoms with van der Waals surface area (Å²) in [6.07, 6.45) is 0.931. The van der Waals surface area contributed by atoms with Crippen molar-refractivity contribution >= 4 is 44.1 Å². The number of benzene rings is 2. The van der Waals surface area contributed by atoms with Gasteiger partial charge >= 0.3 is 0 Å². The molecule has 9 heteroatoms. The van der Waals surface area contributed by atoms with E-state index in [1.54, 1.807) is 11.8 Å². The molecule has 0 aliphatic carbocycles. The first-order chi connectivity index (χ1) is 13.5. The molecule has 0 aliphatic rings. The van der Waals surface area contributed by atoms with Gasteiger partial charge in [-0.3, -0.25) is 0 Å². The first-order valence-electron chi connectivity index (χ1n) is 8.70.